The summed E-state index contributed by atoms with van der Waals surface area (Å²) in [6.07, 6.45) is 7.97. The minimum atomic E-state index is -0.0519. The van der Waals surface area contributed by atoms with Gasteiger partial charge in [-0.2, -0.15) is 0 Å². The van der Waals surface area contributed by atoms with Crippen molar-refractivity contribution in [2.75, 3.05) is 19.6 Å². The number of rotatable bonds is 2. The quantitative estimate of drug-likeness (QED) is 0.785. The molecule has 4 fully saturated rings. The van der Waals surface area contributed by atoms with E-state index >= 15 is 0 Å². The Bertz CT molecular complexity index is 511. The lowest BCUT2D eigenvalue weighted by Gasteiger charge is -2.53. The van der Waals surface area contributed by atoms with Crippen LogP contribution in [0.4, 0.5) is 0 Å². The Hall–Kier alpha value is -1.06. The van der Waals surface area contributed by atoms with Gasteiger partial charge in [0.2, 0.25) is 11.8 Å². The van der Waals surface area contributed by atoms with Crippen molar-refractivity contribution >= 4 is 11.8 Å². The second-order valence-corrected chi connectivity index (χ2v) is 8.67. The first kappa shape index (κ1) is 15.5. The van der Waals surface area contributed by atoms with Crippen molar-refractivity contribution in [3.8, 4) is 0 Å². The van der Waals surface area contributed by atoms with Gasteiger partial charge in [0.1, 0.15) is 0 Å². The summed E-state index contributed by atoms with van der Waals surface area (Å²) < 4.78 is 0. The summed E-state index contributed by atoms with van der Waals surface area (Å²) in [6.45, 7) is 6.66. The van der Waals surface area contributed by atoms with Gasteiger partial charge in [0.25, 0.3) is 0 Å². The van der Waals surface area contributed by atoms with Gasteiger partial charge in [-0.1, -0.05) is 33.1 Å². The summed E-state index contributed by atoms with van der Waals surface area (Å²) in [6, 6.07) is 0. The zero-order chi connectivity index (χ0) is 16.2. The molecule has 0 N–H and O–H groups in total. The van der Waals surface area contributed by atoms with Crippen LogP contribution in [0, 0.1) is 23.7 Å². The topological polar surface area (TPSA) is 40.6 Å². The second-order valence-electron chi connectivity index (χ2n) is 8.67. The molecule has 1 spiro atoms. The number of carbonyl (C=O) groups is 2. The molecule has 4 atom stereocenters. The molecule has 0 radical (unpaired) electrons. The maximum absolute atomic E-state index is 12.9. The fourth-order valence-corrected chi connectivity index (χ4v) is 4.91. The summed E-state index contributed by atoms with van der Waals surface area (Å²) in [5.74, 6) is 2.40. The summed E-state index contributed by atoms with van der Waals surface area (Å²) in [5, 5.41) is 0. The van der Waals surface area contributed by atoms with E-state index < -0.39 is 0 Å². The highest BCUT2D eigenvalue weighted by molar-refractivity contribution is 5.84. The molecule has 0 aromatic rings. The lowest BCUT2D eigenvalue weighted by Crippen LogP contribution is -2.66. The van der Waals surface area contributed by atoms with Gasteiger partial charge in [-0.25, -0.2) is 0 Å². The van der Waals surface area contributed by atoms with E-state index in [0.29, 0.717) is 23.7 Å². The molecular weight excluding hydrogens is 288 g/mol. The van der Waals surface area contributed by atoms with E-state index in [2.05, 4.69) is 23.6 Å². The van der Waals surface area contributed by atoms with Gasteiger partial charge in [-0.05, 0) is 37.5 Å². The normalized spacial score (nSPS) is 38.5. The molecule has 1 saturated heterocycles. The van der Waals surface area contributed by atoms with Crippen molar-refractivity contribution in [3.63, 3.8) is 0 Å². The molecule has 0 aromatic heterocycles. The fourth-order valence-electron chi connectivity index (χ4n) is 4.91. The molecule has 4 rings (SSSR count). The van der Waals surface area contributed by atoms with Gasteiger partial charge in [-0.15, -0.1) is 0 Å². The molecule has 128 valence electrons. The molecule has 0 bridgehead atoms. The van der Waals surface area contributed by atoms with Crippen molar-refractivity contribution in [1.29, 1.82) is 0 Å². The summed E-state index contributed by atoms with van der Waals surface area (Å²) in [4.78, 5) is 29.9. The first-order chi connectivity index (χ1) is 11.0. The van der Waals surface area contributed by atoms with E-state index in [1.807, 2.05) is 0 Å². The summed E-state index contributed by atoms with van der Waals surface area (Å²) in [5.41, 5.74) is -0.0519. The van der Waals surface area contributed by atoms with E-state index in [0.717, 1.165) is 45.3 Å². The van der Waals surface area contributed by atoms with Crippen LogP contribution in [0.2, 0.25) is 0 Å². The SMILES string of the molecule is CC1CC1C(=O)N1CCN(C(=O)C2CC2C)C2(CCCCC2)C1. The fraction of sp³-hybridized carbons (Fsp3) is 0.895. The number of nitrogens with zero attached hydrogens (tertiary/aromatic N) is 2. The van der Waals surface area contributed by atoms with Gasteiger partial charge in [0.05, 0.1) is 5.54 Å². The Labute approximate surface area is 139 Å². The largest absolute Gasteiger partial charge is 0.338 e. The molecule has 0 aromatic carbocycles. The molecular formula is C19H30N2O2. The van der Waals surface area contributed by atoms with Crippen LogP contribution in [0.3, 0.4) is 0 Å². The Balaban J connectivity index is 1.52. The van der Waals surface area contributed by atoms with Gasteiger partial charge in [-0.3, -0.25) is 9.59 Å². The monoisotopic (exact) mass is 318 g/mol. The Morgan fingerprint density at radius 2 is 1.43 bits per heavy atom. The lowest BCUT2D eigenvalue weighted by atomic mass is 9.78. The van der Waals surface area contributed by atoms with Crippen LogP contribution in [0.25, 0.3) is 0 Å². The minimum Gasteiger partial charge on any atom is -0.338 e. The standard InChI is InChI=1S/C19H30N2O2/c1-13-10-15(13)17(22)20-8-9-21(18(23)16-11-14(16)2)19(12-20)6-4-3-5-7-19/h13-16H,3-12H2,1-2H3. The van der Waals surface area contributed by atoms with Gasteiger partial charge >= 0.3 is 0 Å². The predicted molar refractivity (Wildman–Crippen MR) is 88.7 cm³/mol. The Kier molecular flexibility index (Phi) is 3.69. The van der Waals surface area contributed by atoms with Crippen molar-refractivity contribution in [3.05, 3.63) is 0 Å². The molecule has 4 heteroatoms. The third-order valence-electron chi connectivity index (χ3n) is 6.87. The summed E-state index contributed by atoms with van der Waals surface area (Å²) >= 11 is 0. The molecule has 1 heterocycles. The lowest BCUT2D eigenvalue weighted by molar-refractivity contribution is -0.153. The van der Waals surface area contributed by atoms with Crippen LogP contribution in [-0.2, 0) is 9.59 Å². The number of carbonyl (C=O) groups excluding carboxylic acids is 2. The van der Waals surface area contributed by atoms with Crippen molar-refractivity contribution in [1.82, 2.24) is 9.80 Å². The second kappa shape index (κ2) is 5.49. The zero-order valence-corrected chi connectivity index (χ0v) is 14.6. The van der Waals surface area contributed by atoms with E-state index in [1.54, 1.807) is 0 Å². The third kappa shape index (κ3) is 2.68. The number of hydrogen-bond acceptors (Lipinski definition) is 2. The van der Waals surface area contributed by atoms with Crippen LogP contribution in [0.1, 0.15) is 58.8 Å². The van der Waals surface area contributed by atoms with Gasteiger partial charge in [0.15, 0.2) is 0 Å². The average Bonchev–Trinajstić information content (AvgIpc) is 3.45. The Morgan fingerprint density at radius 1 is 0.870 bits per heavy atom. The maximum atomic E-state index is 12.9. The smallest absolute Gasteiger partial charge is 0.226 e. The maximum Gasteiger partial charge on any atom is 0.226 e. The highest BCUT2D eigenvalue weighted by Gasteiger charge is 2.52. The molecule has 4 nitrogen and oxygen atoms in total. The molecule has 3 aliphatic carbocycles. The van der Waals surface area contributed by atoms with Crippen molar-refractivity contribution in [2.45, 2.75) is 64.3 Å². The van der Waals surface area contributed by atoms with Gasteiger partial charge in [0, 0.05) is 31.5 Å². The Morgan fingerprint density at radius 3 is 2.00 bits per heavy atom. The van der Waals surface area contributed by atoms with Crippen LogP contribution in [0.15, 0.2) is 0 Å². The average molecular weight is 318 g/mol. The molecule has 4 unspecified atom stereocenters. The van der Waals surface area contributed by atoms with Crippen LogP contribution >= 0.6 is 0 Å². The highest BCUT2D eigenvalue weighted by atomic mass is 16.2. The van der Waals surface area contributed by atoms with E-state index in [-0.39, 0.29) is 17.4 Å². The number of amides is 2. The molecule has 4 aliphatic rings. The first-order valence-corrected chi connectivity index (χ1v) is 9.62. The van der Waals surface area contributed by atoms with Crippen LogP contribution in [-0.4, -0.2) is 46.8 Å². The van der Waals surface area contributed by atoms with Crippen molar-refractivity contribution in [2.24, 2.45) is 23.7 Å². The minimum absolute atomic E-state index is 0.0519. The van der Waals surface area contributed by atoms with E-state index in [4.69, 9.17) is 0 Å². The van der Waals surface area contributed by atoms with Crippen LogP contribution in [0.5, 0.6) is 0 Å². The van der Waals surface area contributed by atoms with E-state index in [9.17, 15) is 9.59 Å². The number of piperazine rings is 1. The predicted octanol–water partition coefficient (Wildman–Crippen LogP) is 2.67. The first-order valence-electron chi connectivity index (χ1n) is 9.62. The molecule has 3 saturated carbocycles. The van der Waals surface area contributed by atoms with Crippen molar-refractivity contribution < 1.29 is 9.59 Å². The van der Waals surface area contributed by atoms with Gasteiger partial charge < -0.3 is 9.80 Å². The van der Waals surface area contributed by atoms with Crippen LogP contribution < -0.4 is 0 Å². The highest BCUT2D eigenvalue weighted by Crippen LogP contribution is 2.45. The third-order valence-corrected chi connectivity index (χ3v) is 6.87. The van der Waals surface area contributed by atoms with E-state index in [1.165, 1.54) is 19.3 Å². The zero-order valence-electron chi connectivity index (χ0n) is 14.6. The number of hydrogen-bond donors (Lipinski definition) is 0. The molecule has 23 heavy (non-hydrogen) atoms. The molecule has 1 aliphatic heterocycles. The molecule has 2 amide bonds. The summed E-state index contributed by atoms with van der Waals surface area (Å²) in [7, 11) is 0.